The summed E-state index contributed by atoms with van der Waals surface area (Å²) in [5.74, 6) is 0.714. The van der Waals surface area contributed by atoms with Crippen molar-refractivity contribution in [2.45, 2.75) is 39.0 Å². The molecule has 2 aromatic heterocycles. The summed E-state index contributed by atoms with van der Waals surface area (Å²) >= 11 is 0. The molecule has 0 saturated carbocycles. The Bertz CT molecular complexity index is 935. The second-order valence-electron chi connectivity index (χ2n) is 6.54. The first-order valence-electron chi connectivity index (χ1n) is 9.48. The molecule has 148 valence electrons. The van der Waals surface area contributed by atoms with Gasteiger partial charge >= 0.3 is 5.97 Å². The van der Waals surface area contributed by atoms with Crippen LogP contribution in [0.15, 0.2) is 36.7 Å². The van der Waals surface area contributed by atoms with Crippen LogP contribution in [-0.2, 0) is 16.0 Å². The third kappa shape index (κ3) is 4.60. The monoisotopic (exact) mass is 383 g/mol. The number of hydrogen-bond acceptors (Lipinski definition) is 6. The normalized spacial score (nSPS) is 10.9. The number of unbranched alkanes of at least 4 members (excludes halogenated alkanes) is 1. The maximum atomic E-state index is 11.5. The van der Waals surface area contributed by atoms with Crippen LogP contribution in [0.1, 0.15) is 38.3 Å². The van der Waals surface area contributed by atoms with E-state index in [9.17, 15) is 9.90 Å². The number of hydrogen-bond donors (Lipinski definition) is 1. The Morgan fingerprint density at radius 1 is 1.21 bits per heavy atom. The molecule has 3 aromatic rings. The molecule has 1 aromatic carbocycles. The maximum absolute atomic E-state index is 11.5. The van der Waals surface area contributed by atoms with Gasteiger partial charge in [-0.3, -0.25) is 14.2 Å². The van der Waals surface area contributed by atoms with E-state index in [2.05, 4.69) is 9.97 Å². The number of rotatable bonds is 9. The minimum Gasteiger partial charge on any atom is -0.497 e. The fourth-order valence-electron chi connectivity index (χ4n) is 2.92. The number of aryl methyl sites for hydroxylation is 1. The van der Waals surface area contributed by atoms with Gasteiger partial charge in [-0.25, -0.2) is 4.98 Å². The zero-order valence-corrected chi connectivity index (χ0v) is 16.2. The van der Waals surface area contributed by atoms with Crippen LogP contribution in [0, 0.1) is 0 Å². The lowest BCUT2D eigenvalue weighted by atomic mass is 10.1. The summed E-state index contributed by atoms with van der Waals surface area (Å²) in [6, 6.07) is 7.57. The van der Waals surface area contributed by atoms with Crippen molar-refractivity contribution in [1.82, 2.24) is 14.4 Å². The molecular formula is C21H25N3O4. The zero-order valence-electron chi connectivity index (χ0n) is 16.2. The lowest BCUT2D eigenvalue weighted by Crippen LogP contribution is -2.05. The van der Waals surface area contributed by atoms with E-state index in [1.54, 1.807) is 23.9 Å². The van der Waals surface area contributed by atoms with E-state index in [1.165, 1.54) is 0 Å². The summed E-state index contributed by atoms with van der Waals surface area (Å²) in [6.07, 6.45) is 6.66. The number of methoxy groups -OCH3 is 1. The molecule has 0 fully saturated rings. The minimum absolute atomic E-state index is 0.112. The Morgan fingerprint density at radius 3 is 2.71 bits per heavy atom. The third-order valence-corrected chi connectivity index (χ3v) is 4.45. The lowest BCUT2D eigenvalue weighted by Gasteiger charge is -2.04. The number of imidazole rings is 1. The van der Waals surface area contributed by atoms with Gasteiger partial charge < -0.3 is 14.6 Å². The van der Waals surface area contributed by atoms with Crippen molar-refractivity contribution in [3.63, 3.8) is 0 Å². The molecule has 0 spiro atoms. The fraction of sp³-hybridized carbons (Fsp3) is 0.381. The van der Waals surface area contributed by atoms with E-state index in [1.807, 2.05) is 31.2 Å². The van der Waals surface area contributed by atoms with Crippen molar-refractivity contribution in [1.29, 1.82) is 0 Å². The molecule has 0 atom stereocenters. The van der Waals surface area contributed by atoms with E-state index in [0.29, 0.717) is 37.2 Å². The second-order valence-corrected chi connectivity index (χ2v) is 6.54. The first-order chi connectivity index (χ1) is 13.6. The largest absolute Gasteiger partial charge is 0.497 e. The van der Waals surface area contributed by atoms with Crippen molar-refractivity contribution in [3.8, 4) is 22.9 Å². The summed E-state index contributed by atoms with van der Waals surface area (Å²) in [5.41, 5.74) is 2.85. The molecule has 0 aliphatic heterocycles. The molecule has 1 N–H and O–H groups in total. The maximum Gasteiger partial charge on any atom is 0.305 e. The summed E-state index contributed by atoms with van der Waals surface area (Å²) in [7, 11) is 1.62. The van der Waals surface area contributed by atoms with Gasteiger partial charge in [-0.15, -0.1) is 0 Å². The van der Waals surface area contributed by atoms with Crippen LogP contribution < -0.4 is 4.74 Å². The summed E-state index contributed by atoms with van der Waals surface area (Å²) in [6.45, 7) is 2.43. The highest BCUT2D eigenvalue weighted by Gasteiger charge is 2.13. The van der Waals surface area contributed by atoms with Crippen molar-refractivity contribution in [2.24, 2.45) is 0 Å². The molecule has 0 saturated heterocycles. The van der Waals surface area contributed by atoms with Gasteiger partial charge in [0.1, 0.15) is 11.4 Å². The molecule has 0 unspecified atom stereocenters. The molecule has 28 heavy (non-hydrogen) atoms. The molecule has 0 aliphatic carbocycles. The number of nitrogens with zero attached hydrogens (tertiary/aromatic N) is 3. The van der Waals surface area contributed by atoms with E-state index in [0.717, 1.165) is 29.8 Å². The lowest BCUT2D eigenvalue weighted by molar-refractivity contribution is -0.143. The van der Waals surface area contributed by atoms with Crippen LogP contribution in [0.5, 0.6) is 11.6 Å². The van der Waals surface area contributed by atoms with Crippen LogP contribution in [0.3, 0.4) is 0 Å². The van der Waals surface area contributed by atoms with E-state index < -0.39 is 0 Å². The molecular weight excluding hydrogens is 358 g/mol. The van der Waals surface area contributed by atoms with E-state index in [4.69, 9.17) is 9.47 Å². The molecule has 3 rings (SSSR count). The van der Waals surface area contributed by atoms with Gasteiger partial charge in [0.2, 0.25) is 5.88 Å². The van der Waals surface area contributed by atoms with Gasteiger partial charge in [0, 0.05) is 18.2 Å². The SMILES string of the molecule is CCCOC(=O)CCCCc1nc2cnc(-c3ccc(OC)cc3)cn2c1O. The Labute approximate surface area is 164 Å². The predicted molar refractivity (Wildman–Crippen MR) is 105 cm³/mol. The highest BCUT2D eigenvalue weighted by atomic mass is 16.5. The van der Waals surface area contributed by atoms with Crippen LogP contribution in [0.2, 0.25) is 0 Å². The minimum atomic E-state index is -0.172. The number of benzene rings is 1. The fourth-order valence-corrected chi connectivity index (χ4v) is 2.92. The van der Waals surface area contributed by atoms with Gasteiger partial charge in [-0.2, -0.15) is 0 Å². The number of aromatic hydroxyl groups is 1. The van der Waals surface area contributed by atoms with E-state index in [-0.39, 0.29) is 11.8 Å². The van der Waals surface area contributed by atoms with Gasteiger partial charge in [-0.1, -0.05) is 6.92 Å². The zero-order chi connectivity index (χ0) is 19.9. The third-order valence-electron chi connectivity index (χ3n) is 4.45. The highest BCUT2D eigenvalue weighted by molar-refractivity contribution is 5.69. The van der Waals surface area contributed by atoms with Gasteiger partial charge in [-0.05, 0) is 49.9 Å². The smallest absolute Gasteiger partial charge is 0.305 e. The predicted octanol–water partition coefficient (Wildman–Crippen LogP) is 3.78. The first-order valence-corrected chi connectivity index (χ1v) is 9.48. The number of ether oxygens (including phenoxy) is 2. The van der Waals surface area contributed by atoms with Crippen molar-refractivity contribution in [3.05, 3.63) is 42.4 Å². The Kier molecular flexibility index (Phi) is 6.47. The summed E-state index contributed by atoms with van der Waals surface area (Å²) in [4.78, 5) is 20.4. The summed E-state index contributed by atoms with van der Waals surface area (Å²) < 4.78 is 11.9. The molecule has 0 amide bonds. The van der Waals surface area contributed by atoms with Crippen LogP contribution in [0.25, 0.3) is 16.9 Å². The topological polar surface area (TPSA) is 86.0 Å². The average Bonchev–Trinajstić information content (AvgIpc) is 3.04. The standard InChI is InChI=1S/C21H25N3O4/c1-3-12-28-20(25)7-5-4-6-17-21(26)24-14-18(22-13-19(24)23-17)15-8-10-16(27-2)11-9-15/h8-11,13-14,26H,3-7,12H2,1-2H3. The van der Waals surface area contributed by atoms with Gasteiger partial charge in [0.05, 0.1) is 25.6 Å². The molecule has 0 aliphatic rings. The Balaban J connectivity index is 1.66. The second kappa shape index (κ2) is 9.21. The highest BCUT2D eigenvalue weighted by Crippen LogP contribution is 2.25. The summed E-state index contributed by atoms with van der Waals surface area (Å²) in [5, 5.41) is 10.5. The molecule has 7 heteroatoms. The quantitative estimate of drug-likeness (QED) is 0.447. The van der Waals surface area contributed by atoms with Crippen LogP contribution in [0.4, 0.5) is 0 Å². The average molecular weight is 383 g/mol. The van der Waals surface area contributed by atoms with Crippen LogP contribution >= 0.6 is 0 Å². The molecule has 0 bridgehead atoms. The van der Waals surface area contributed by atoms with Crippen LogP contribution in [-0.4, -0.2) is 39.2 Å². The Hall–Kier alpha value is -3.09. The van der Waals surface area contributed by atoms with Crippen molar-refractivity contribution >= 4 is 11.6 Å². The number of fused-ring (bicyclic) bond motifs is 1. The molecule has 2 heterocycles. The Morgan fingerprint density at radius 2 is 2.00 bits per heavy atom. The number of carbonyl (C=O) groups excluding carboxylic acids is 1. The van der Waals surface area contributed by atoms with E-state index >= 15 is 0 Å². The van der Waals surface area contributed by atoms with Crippen molar-refractivity contribution < 1.29 is 19.4 Å². The molecule has 7 nitrogen and oxygen atoms in total. The van der Waals surface area contributed by atoms with Crippen molar-refractivity contribution in [2.75, 3.05) is 13.7 Å². The number of aromatic nitrogens is 3. The first kappa shape index (κ1) is 19.7. The molecule has 0 radical (unpaired) electrons. The number of carbonyl (C=O) groups is 1. The van der Waals surface area contributed by atoms with Gasteiger partial charge in [0.15, 0.2) is 5.65 Å². The number of esters is 1. The van der Waals surface area contributed by atoms with Gasteiger partial charge in [0.25, 0.3) is 0 Å².